The lowest BCUT2D eigenvalue weighted by Gasteiger charge is -2.10. The van der Waals surface area contributed by atoms with Crippen molar-refractivity contribution in [3.05, 3.63) is 34.5 Å². The summed E-state index contributed by atoms with van der Waals surface area (Å²) in [6.07, 6.45) is 2.03. The summed E-state index contributed by atoms with van der Waals surface area (Å²) in [6.45, 7) is 1.23. The number of rotatable bonds is 5. The van der Waals surface area contributed by atoms with Gasteiger partial charge in [-0.1, -0.05) is 6.07 Å². The number of carboxylic acids is 1. The van der Waals surface area contributed by atoms with E-state index in [2.05, 4.69) is 0 Å². The molecule has 2 aromatic rings. The highest BCUT2D eigenvalue weighted by molar-refractivity contribution is 7.21. The van der Waals surface area contributed by atoms with Gasteiger partial charge in [0.2, 0.25) is 0 Å². The van der Waals surface area contributed by atoms with Crippen molar-refractivity contribution in [3.8, 4) is 0 Å². The van der Waals surface area contributed by atoms with Gasteiger partial charge in [-0.25, -0.2) is 9.18 Å². The maximum Gasteiger partial charge on any atom is 0.346 e. The Labute approximate surface area is 125 Å². The summed E-state index contributed by atoms with van der Waals surface area (Å²) >= 11 is 1.08. The van der Waals surface area contributed by atoms with E-state index in [0.29, 0.717) is 22.3 Å². The predicted octanol–water partition coefficient (Wildman–Crippen LogP) is 3.43. The number of thiophene rings is 1. The molecule has 0 aliphatic carbocycles. The molecular formula is C15H15FO4S. The van der Waals surface area contributed by atoms with Gasteiger partial charge >= 0.3 is 5.97 Å². The molecule has 1 N–H and O–H groups in total. The number of halogens is 1. The maximum absolute atomic E-state index is 14.0. The average molecular weight is 310 g/mol. The number of carbonyl (C=O) groups is 1. The van der Waals surface area contributed by atoms with E-state index in [-0.39, 0.29) is 17.6 Å². The highest BCUT2D eigenvalue weighted by Gasteiger charge is 2.21. The van der Waals surface area contributed by atoms with Gasteiger partial charge in [-0.2, -0.15) is 0 Å². The quantitative estimate of drug-likeness (QED) is 0.919. The molecule has 1 fully saturated rings. The summed E-state index contributed by atoms with van der Waals surface area (Å²) in [7, 11) is 0. The monoisotopic (exact) mass is 310 g/mol. The molecular weight excluding hydrogens is 295 g/mol. The summed E-state index contributed by atoms with van der Waals surface area (Å²) in [5.41, 5.74) is 0.415. The van der Waals surface area contributed by atoms with Crippen molar-refractivity contribution in [1.29, 1.82) is 0 Å². The highest BCUT2D eigenvalue weighted by atomic mass is 32.1. The van der Waals surface area contributed by atoms with Gasteiger partial charge in [0.25, 0.3) is 0 Å². The van der Waals surface area contributed by atoms with E-state index in [1.54, 1.807) is 12.1 Å². The van der Waals surface area contributed by atoms with Crippen LogP contribution in [0.4, 0.5) is 4.39 Å². The van der Waals surface area contributed by atoms with E-state index >= 15 is 0 Å². The van der Waals surface area contributed by atoms with Crippen LogP contribution in [0.2, 0.25) is 0 Å². The number of hydrogen-bond donors (Lipinski definition) is 1. The third-order valence-electron chi connectivity index (χ3n) is 3.53. The molecule has 0 radical (unpaired) electrons. The first-order valence-electron chi connectivity index (χ1n) is 6.79. The van der Waals surface area contributed by atoms with Crippen LogP contribution in [0, 0.1) is 5.82 Å². The van der Waals surface area contributed by atoms with Gasteiger partial charge < -0.3 is 14.6 Å². The molecule has 3 rings (SSSR count). The Hall–Kier alpha value is -1.50. The van der Waals surface area contributed by atoms with Crippen LogP contribution < -0.4 is 0 Å². The second-order valence-electron chi connectivity index (χ2n) is 4.98. The molecule has 1 aliphatic heterocycles. The largest absolute Gasteiger partial charge is 0.477 e. The average Bonchev–Trinajstić information content (AvgIpc) is 3.07. The third kappa shape index (κ3) is 2.92. The van der Waals surface area contributed by atoms with E-state index in [0.717, 1.165) is 30.8 Å². The van der Waals surface area contributed by atoms with Crippen molar-refractivity contribution in [3.63, 3.8) is 0 Å². The van der Waals surface area contributed by atoms with E-state index < -0.39 is 11.8 Å². The Balaban J connectivity index is 1.84. The normalized spacial score (nSPS) is 18.4. The van der Waals surface area contributed by atoms with Gasteiger partial charge in [-0.3, -0.25) is 0 Å². The molecule has 1 aliphatic rings. The Morgan fingerprint density at radius 1 is 1.52 bits per heavy atom. The Bertz CT molecular complexity index is 661. The molecule has 6 heteroatoms. The molecule has 1 aromatic heterocycles. The fourth-order valence-corrected chi connectivity index (χ4v) is 3.61. The first-order chi connectivity index (χ1) is 10.2. The van der Waals surface area contributed by atoms with E-state index in [1.165, 1.54) is 6.07 Å². The molecule has 0 amide bonds. The van der Waals surface area contributed by atoms with Crippen LogP contribution in [0.25, 0.3) is 10.1 Å². The lowest BCUT2D eigenvalue weighted by Crippen LogP contribution is -2.14. The number of aromatic carboxylic acids is 1. The van der Waals surface area contributed by atoms with E-state index in [9.17, 15) is 14.3 Å². The zero-order chi connectivity index (χ0) is 14.8. The van der Waals surface area contributed by atoms with Crippen molar-refractivity contribution in [2.45, 2.75) is 25.6 Å². The maximum atomic E-state index is 14.0. The molecule has 1 atom stereocenters. The molecule has 0 spiro atoms. The minimum absolute atomic E-state index is 0.0630. The molecule has 0 bridgehead atoms. The van der Waals surface area contributed by atoms with E-state index in [4.69, 9.17) is 9.47 Å². The predicted molar refractivity (Wildman–Crippen MR) is 77.4 cm³/mol. The summed E-state index contributed by atoms with van der Waals surface area (Å²) in [4.78, 5) is 11.5. The van der Waals surface area contributed by atoms with Gasteiger partial charge in [0, 0.05) is 22.3 Å². The van der Waals surface area contributed by atoms with Gasteiger partial charge in [-0.05, 0) is 25.0 Å². The van der Waals surface area contributed by atoms with Crippen molar-refractivity contribution in [1.82, 2.24) is 0 Å². The molecule has 1 aromatic carbocycles. The van der Waals surface area contributed by atoms with Gasteiger partial charge in [0.15, 0.2) is 0 Å². The number of ether oxygens (including phenoxy) is 2. The smallest absolute Gasteiger partial charge is 0.346 e. The van der Waals surface area contributed by atoms with E-state index in [1.807, 2.05) is 0 Å². The summed E-state index contributed by atoms with van der Waals surface area (Å²) in [5.74, 6) is -1.46. The Morgan fingerprint density at radius 3 is 3.10 bits per heavy atom. The van der Waals surface area contributed by atoms with Crippen LogP contribution in [0.3, 0.4) is 0 Å². The van der Waals surface area contributed by atoms with Crippen molar-refractivity contribution >= 4 is 27.4 Å². The number of benzene rings is 1. The van der Waals surface area contributed by atoms with Crippen LogP contribution in [0.1, 0.15) is 28.1 Å². The first-order valence-corrected chi connectivity index (χ1v) is 7.61. The third-order valence-corrected chi connectivity index (χ3v) is 4.72. The van der Waals surface area contributed by atoms with Crippen molar-refractivity contribution in [2.75, 3.05) is 13.2 Å². The second kappa shape index (κ2) is 6.09. The fourth-order valence-electron chi connectivity index (χ4n) is 2.55. The van der Waals surface area contributed by atoms with Crippen LogP contribution in [-0.4, -0.2) is 30.4 Å². The molecule has 2 heterocycles. The van der Waals surface area contributed by atoms with Crippen LogP contribution >= 0.6 is 11.3 Å². The topological polar surface area (TPSA) is 55.8 Å². The SMILES string of the molecule is O=C(O)c1sc2cccc(F)c2c1COCC1CCCO1. The Kier molecular flexibility index (Phi) is 4.19. The van der Waals surface area contributed by atoms with Crippen LogP contribution in [-0.2, 0) is 16.1 Å². The molecule has 1 saturated heterocycles. The van der Waals surface area contributed by atoms with Gasteiger partial charge in [0.1, 0.15) is 10.7 Å². The standard InChI is InChI=1S/C15H15FO4S/c16-11-4-1-5-12-13(11)10(14(21-12)15(17)18)8-19-7-9-3-2-6-20-9/h1,4-5,9H,2-3,6-8H2,(H,17,18). The molecule has 0 saturated carbocycles. The zero-order valence-electron chi connectivity index (χ0n) is 11.3. The Morgan fingerprint density at radius 2 is 2.38 bits per heavy atom. The fraction of sp³-hybridized carbons (Fsp3) is 0.400. The lowest BCUT2D eigenvalue weighted by atomic mass is 10.1. The molecule has 112 valence electrons. The summed E-state index contributed by atoms with van der Waals surface area (Å²) < 4.78 is 25.6. The van der Waals surface area contributed by atoms with Crippen LogP contribution in [0.5, 0.6) is 0 Å². The first kappa shape index (κ1) is 14.4. The van der Waals surface area contributed by atoms with Gasteiger partial charge in [0.05, 0.1) is 19.3 Å². The molecule has 21 heavy (non-hydrogen) atoms. The number of carboxylic acid groups (broad SMARTS) is 1. The summed E-state index contributed by atoms with van der Waals surface area (Å²) in [6, 6.07) is 4.64. The van der Waals surface area contributed by atoms with Crippen molar-refractivity contribution < 1.29 is 23.8 Å². The summed E-state index contributed by atoms with van der Waals surface area (Å²) in [5, 5.41) is 9.63. The van der Waals surface area contributed by atoms with Crippen molar-refractivity contribution in [2.24, 2.45) is 0 Å². The van der Waals surface area contributed by atoms with Gasteiger partial charge in [-0.15, -0.1) is 11.3 Å². The number of fused-ring (bicyclic) bond motifs is 1. The molecule has 4 nitrogen and oxygen atoms in total. The minimum Gasteiger partial charge on any atom is -0.477 e. The minimum atomic E-state index is -1.05. The molecule has 1 unspecified atom stereocenters. The lowest BCUT2D eigenvalue weighted by molar-refractivity contribution is 0.0107. The second-order valence-corrected chi connectivity index (χ2v) is 6.03. The zero-order valence-corrected chi connectivity index (χ0v) is 12.1. The number of hydrogen-bond acceptors (Lipinski definition) is 4. The van der Waals surface area contributed by atoms with Crippen LogP contribution in [0.15, 0.2) is 18.2 Å². The highest BCUT2D eigenvalue weighted by Crippen LogP contribution is 2.33.